The quantitative estimate of drug-likeness (QED) is 0.799. The minimum Gasteiger partial charge on any atom is -0.468 e. The number of nitrogens with zero attached hydrogens (tertiary/aromatic N) is 1. The SMILES string of the molecule is COC(=O)CNC(=O)c1cc(S(=O)(=O)N2CCCCC2)ccc1C. The predicted octanol–water partition coefficient (Wildman–Crippen LogP) is 1.07. The fourth-order valence-corrected chi connectivity index (χ4v) is 4.12. The fourth-order valence-electron chi connectivity index (χ4n) is 2.58. The molecule has 1 aromatic rings. The van der Waals surface area contributed by atoms with Crippen molar-refractivity contribution in [2.24, 2.45) is 0 Å². The molecule has 2 rings (SSSR count). The average Bonchev–Trinajstić information content (AvgIpc) is 2.60. The lowest BCUT2D eigenvalue weighted by Crippen LogP contribution is -2.36. The van der Waals surface area contributed by atoms with Crippen LogP contribution in [0.15, 0.2) is 23.1 Å². The van der Waals surface area contributed by atoms with Crippen LogP contribution in [0.4, 0.5) is 0 Å². The van der Waals surface area contributed by atoms with Crippen molar-refractivity contribution in [1.29, 1.82) is 0 Å². The third kappa shape index (κ3) is 4.12. The molecular weight excluding hydrogens is 332 g/mol. The second-order valence-corrected chi connectivity index (χ2v) is 7.64. The summed E-state index contributed by atoms with van der Waals surface area (Å²) in [6, 6.07) is 4.48. The molecule has 0 atom stereocenters. The molecule has 24 heavy (non-hydrogen) atoms. The van der Waals surface area contributed by atoms with Crippen LogP contribution in [0.1, 0.15) is 35.2 Å². The Morgan fingerprint density at radius 1 is 1.21 bits per heavy atom. The number of carbonyl (C=O) groups is 2. The number of carbonyl (C=O) groups excluding carboxylic acids is 2. The third-order valence-electron chi connectivity index (χ3n) is 4.03. The Morgan fingerprint density at radius 3 is 2.50 bits per heavy atom. The molecule has 0 radical (unpaired) electrons. The zero-order valence-corrected chi connectivity index (χ0v) is 14.7. The number of esters is 1. The van der Waals surface area contributed by atoms with E-state index in [1.807, 2.05) is 0 Å². The van der Waals surface area contributed by atoms with Crippen molar-refractivity contribution in [2.45, 2.75) is 31.1 Å². The molecule has 1 aromatic carbocycles. The number of piperidine rings is 1. The van der Waals surface area contributed by atoms with Crippen LogP contribution in [-0.2, 0) is 19.6 Å². The number of sulfonamides is 1. The maximum atomic E-state index is 12.7. The van der Waals surface area contributed by atoms with E-state index in [0.29, 0.717) is 18.7 Å². The highest BCUT2D eigenvalue weighted by atomic mass is 32.2. The van der Waals surface area contributed by atoms with Gasteiger partial charge in [0.1, 0.15) is 6.54 Å². The van der Waals surface area contributed by atoms with Crippen molar-refractivity contribution in [3.63, 3.8) is 0 Å². The summed E-state index contributed by atoms with van der Waals surface area (Å²) in [5.74, 6) is -1.08. The fraction of sp³-hybridized carbons (Fsp3) is 0.500. The highest BCUT2D eigenvalue weighted by Gasteiger charge is 2.27. The van der Waals surface area contributed by atoms with Gasteiger partial charge in [0.15, 0.2) is 0 Å². The summed E-state index contributed by atoms with van der Waals surface area (Å²) in [7, 11) is -2.38. The van der Waals surface area contributed by atoms with Gasteiger partial charge >= 0.3 is 5.97 Å². The first kappa shape index (κ1) is 18.4. The van der Waals surface area contributed by atoms with Crippen molar-refractivity contribution in [1.82, 2.24) is 9.62 Å². The molecule has 8 heteroatoms. The van der Waals surface area contributed by atoms with Crippen LogP contribution >= 0.6 is 0 Å². The van der Waals surface area contributed by atoms with E-state index in [4.69, 9.17) is 0 Å². The maximum absolute atomic E-state index is 12.7. The van der Waals surface area contributed by atoms with Crippen molar-refractivity contribution in [3.8, 4) is 0 Å². The zero-order valence-electron chi connectivity index (χ0n) is 13.9. The maximum Gasteiger partial charge on any atom is 0.325 e. The largest absolute Gasteiger partial charge is 0.468 e. The molecule has 0 saturated carbocycles. The molecule has 0 bridgehead atoms. The minimum atomic E-state index is -3.61. The van der Waals surface area contributed by atoms with E-state index >= 15 is 0 Å². The number of benzene rings is 1. The summed E-state index contributed by atoms with van der Waals surface area (Å²) >= 11 is 0. The summed E-state index contributed by atoms with van der Waals surface area (Å²) < 4.78 is 31.3. The molecule has 1 amide bonds. The van der Waals surface area contributed by atoms with Crippen molar-refractivity contribution >= 4 is 21.9 Å². The summed E-state index contributed by atoms with van der Waals surface area (Å²) in [6.45, 7) is 2.45. The Labute approximate surface area is 142 Å². The first-order valence-corrected chi connectivity index (χ1v) is 9.26. The van der Waals surface area contributed by atoms with Crippen molar-refractivity contribution in [3.05, 3.63) is 29.3 Å². The lowest BCUT2D eigenvalue weighted by atomic mass is 10.1. The predicted molar refractivity (Wildman–Crippen MR) is 88.1 cm³/mol. The number of aryl methyl sites for hydroxylation is 1. The van der Waals surface area contributed by atoms with E-state index in [2.05, 4.69) is 10.1 Å². The van der Waals surface area contributed by atoms with E-state index in [9.17, 15) is 18.0 Å². The smallest absolute Gasteiger partial charge is 0.325 e. The Hall–Kier alpha value is -1.93. The summed E-state index contributed by atoms with van der Waals surface area (Å²) in [4.78, 5) is 23.4. The molecular formula is C16H22N2O5S. The van der Waals surface area contributed by atoms with E-state index in [1.165, 1.54) is 23.5 Å². The average molecular weight is 354 g/mol. The van der Waals surface area contributed by atoms with E-state index in [1.54, 1.807) is 13.0 Å². The lowest BCUT2D eigenvalue weighted by molar-refractivity contribution is -0.139. The first-order chi connectivity index (χ1) is 11.4. The molecule has 1 aliphatic rings. The van der Waals surface area contributed by atoms with Gasteiger partial charge in [0.05, 0.1) is 12.0 Å². The molecule has 1 saturated heterocycles. The van der Waals surface area contributed by atoms with E-state index in [0.717, 1.165) is 19.3 Å². The molecule has 1 N–H and O–H groups in total. The van der Waals surface area contributed by atoms with Crippen LogP contribution in [0, 0.1) is 6.92 Å². The number of amides is 1. The minimum absolute atomic E-state index is 0.0956. The molecule has 0 unspecified atom stereocenters. The van der Waals surface area contributed by atoms with E-state index in [-0.39, 0.29) is 17.0 Å². The highest BCUT2D eigenvalue weighted by molar-refractivity contribution is 7.89. The molecule has 132 valence electrons. The Morgan fingerprint density at radius 2 is 1.88 bits per heavy atom. The normalized spacial score (nSPS) is 15.8. The number of hydrogen-bond donors (Lipinski definition) is 1. The third-order valence-corrected chi connectivity index (χ3v) is 5.92. The first-order valence-electron chi connectivity index (χ1n) is 7.82. The molecule has 0 aliphatic carbocycles. The van der Waals surface area contributed by atoms with Gasteiger partial charge in [0, 0.05) is 18.7 Å². The molecule has 1 heterocycles. The molecule has 1 fully saturated rings. The van der Waals surface area contributed by atoms with Crippen molar-refractivity contribution < 1.29 is 22.7 Å². The van der Waals surface area contributed by atoms with Crippen LogP contribution in [0.2, 0.25) is 0 Å². The second kappa shape index (κ2) is 7.76. The number of methoxy groups -OCH3 is 1. The van der Waals surface area contributed by atoms with Crippen LogP contribution in [0.5, 0.6) is 0 Å². The number of ether oxygens (including phenoxy) is 1. The molecule has 0 aromatic heterocycles. The molecule has 7 nitrogen and oxygen atoms in total. The van der Waals surface area contributed by atoms with Gasteiger partial charge in [0.25, 0.3) is 5.91 Å². The summed E-state index contributed by atoms with van der Waals surface area (Å²) in [5, 5.41) is 2.43. The monoisotopic (exact) mass is 354 g/mol. The van der Waals surface area contributed by atoms with Gasteiger partial charge in [0.2, 0.25) is 10.0 Å². The van der Waals surface area contributed by atoms with Crippen LogP contribution in [-0.4, -0.2) is 51.3 Å². The van der Waals surface area contributed by atoms with Gasteiger partial charge in [-0.05, 0) is 37.5 Å². The van der Waals surface area contributed by atoms with Gasteiger partial charge in [-0.25, -0.2) is 8.42 Å². The van der Waals surface area contributed by atoms with Gasteiger partial charge < -0.3 is 10.1 Å². The van der Waals surface area contributed by atoms with E-state index < -0.39 is 21.9 Å². The van der Waals surface area contributed by atoms with Crippen LogP contribution < -0.4 is 5.32 Å². The Kier molecular flexibility index (Phi) is 5.95. The number of hydrogen-bond acceptors (Lipinski definition) is 5. The summed E-state index contributed by atoms with van der Waals surface area (Å²) in [5.41, 5.74) is 0.868. The van der Waals surface area contributed by atoms with Crippen LogP contribution in [0.3, 0.4) is 0 Å². The lowest BCUT2D eigenvalue weighted by Gasteiger charge is -2.26. The van der Waals surface area contributed by atoms with Crippen molar-refractivity contribution in [2.75, 3.05) is 26.7 Å². The zero-order chi connectivity index (χ0) is 17.7. The van der Waals surface area contributed by atoms with Crippen LogP contribution in [0.25, 0.3) is 0 Å². The number of rotatable bonds is 5. The Balaban J connectivity index is 2.24. The topological polar surface area (TPSA) is 92.8 Å². The number of nitrogens with one attached hydrogen (secondary N) is 1. The molecule has 1 aliphatic heterocycles. The standard InChI is InChI=1S/C16H22N2O5S/c1-12-6-7-13(24(21,22)18-8-4-3-5-9-18)10-14(12)16(20)17-11-15(19)23-2/h6-7,10H,3-5,8-9,11H2,1-2H3,(H,17,20). The van der Waals surface area contributed by atoms with Gasteiger partial charge in [-0.3, -0.25) is 9.59 Å². The highest BCUT2D eigenvalue weighted by Crippen LogP contribution is 2.22. The van der Waals surface area contributed by atoms with Gasteiger partial charge in [-0.1, -0.05) is 12.5 Å². The van der Waals surface area contributed by atoms with Gasteiger partial charge in [-0.2, -0.15) is 4.31 Å². The Bertz CT molecular complexity index is 724. The second-order valence-electron chi connectivity index (χ2n) is 5.70. The van der Waals surface area contributed by atoms with Gasteiger partial charge in [-0.15, -0.1) is 0 Å². The summed E-state index contributed by atoms with van der Waals surface area (Å²) in [6.07, 6.45) is 2.72. The molecule has 0 spiro atoms.